The van der Waals surface area contributed by atoms with Crippen LogP contribution in [0.2, 0.25) is 0 Å². The largest absolute Gasteiger partial charge is 0.457 e. The van der Waals surface area contributed by atoms with E-state index in [0.717, 1.165) is 5.56 Å². The molecule has 1 unspecified atom stereocenters. The third-order valence-electron chi connectivity index (χ3n) is 6.13. The number of amides is 1. The van der Waals surface area contributed by atoms with Crippen molar-refractivity contribution in [2.24, 2.45) is 0 Å². The standard InChI is InChI=1S/C29H25NO7/c1-19-27(36-21-11-6-3-7-12-21)26(31)23-15-14-22(17-25(23)35-19)37-28(32)24-13-8-16-30(24)29(33)34-18-20-9-4-2-5-10-20/h2-7,9-12,14-15,17,24H,8,13,16,18H2,1H3. The molecule has 1 saturated heterocycles. The van der Waals surface area contributed by atoms with Crippen molar-refractivity contribution in [1.82, 2.24) is 4.90 Å². The highest BCUT2D eigenvalue weighted by Crippen LogP contribution is 2.28. The summed E-state index contributed by atoms with van der Waals surface area (Å²) in [6.07, 6.45) is 0.576. The number of hydrogen-bond acceptors (Lipinski definition) is 7. The van der Waals surface area contributed by atoms with Gasteiger partial charge in [-0.2, -0.15) is 0 Å². The number of likely N-dealkylation sites (tertiary alicyclic amines) is 1. The van der Waals surface area contributed by atoms with Crippen molar-refractivity contribution in [2.75, 3.05) is 6.54 Å². The first-order chi connectivity index (χ1) is 18.0. The molecular weight excluding hydrogens is 474 g/mol. The van der Waals surface area contributed by atoms with Crippen LogP contribution >= 0.6 is 0 Å². The lowest BCUT2D eigenvalue weighted by Gasteiger charge is -2.22. The number of aryl methyl sites for hydroxylation is 1. The minimum atomic E-state index is -0.755. The van der Waals surface area contributed by atoms with E-state index in [1.54, 1.807) is 19.1 Å². The van der Waals surface area contributed by atoms with Gasteiger partial charge in [-0.3, -0.25) is 9.69 Å². The summed E-state index contributed by atoms with van der Waals surface area (Å²) in [6, 6.07) is 22.1. The molecule has 1 aromatic heterocycles. The Hall–Kier alpha value is -4.59. The molecule has 1 aliphatic rings. The van der Waals surface area contributed by atoms with E-state index < -0.39 is 18.1 Å². The predicted octanol–water partition coefficient (Wildman–Crippen LogP) is 5.60. The van der Waals surface area contributed by atoms with Gasteiger partial charge in [-0.25, -0.2) is 9.59 Å². The SMILES string of the molecule is Cc1oc2cc(OC(=O)C3CCCN3C(=O)OCc3ccccc3)ccc2c(=O)c1Oc1ccccc1. The summed E-state index contributed by atoms with van der Waals surface area (Å²) in [6.45, 7) is 2.16. The van der Waals surface area contributed by atoms with Gasteiger partial charge in [0.25, 0.3) is 0 Å². The number of esters is 1. The third kappa shape index (κ3) is 5.33. The topological polar surface area (TPSA) is 95.3 Å². The van der Waals surface area contributed by atoms with Gasteiger partial charge in [-0.15, -0.1) is 0 Å². The monoisotopic (exact) mass is 499 g/mol. The van der Waals surface area contributed by atoms with E-state index in [9.17, 15) is 14.4 Å². The van der Waals surface area contributed by atoms with Crippen molar-refractivity contribution >= 4 is 23.0 Å². The van der Waals surface area contributed by atoms with Gasteiger partial charge in [-0.1, -0.05) is 48.5 Å². The maximum Gasteiger partial charge on any atom is 0.410 e. The first-order valence-corrected chi connectivity index (χ1v) is 12.0. The first kappa shape index (κ1) is 24.1. The molecule has 2 heterocycles. The van der Waals surface area contributed by atoms with E-state index in [2.05, 4.69) is 0 Å². The molecule has 8 heteroatoms. The maximum atomic E-state index is 13.0. The summed E-state index contributed by atoms with van der Waals surface area (Å²) in [7, 11) is 0. The van der Waals surface area contributed by atoms with Gasteiger partial charge >= 0.3 is 12.1 Å². The van der Waals surface area contributed by atoms with Crippen LogP contribution in [0.3, 0.4) is 0 Å². The highest BCUT2D eigenvalue weighted by Gasteiger charge is 2.36. The fraction of sp³-hybridized carbons (Fsp3) is 0.207. The molecule has 3 aromatic carbocycles. The average molecular weight is 500 g/mol. The summed E-state index contributed by atoms with van der Waals surface area (Å²) in [5, 5.41) is 0.295. The number of hydrogen-bond donors (Lipinski definition) is 0. The molecular formula is C29H25NO7. The second-order valence-corrected chi connectivity index (χ2v) is 8.70. The van der Waals surface area contributed by atoms with Gasteiger partial charge in [0.1, 0.15) is 35.5 Å². The molecule has 0 bridgehead atoms. The Morgan fingerprint density at radius 3 is 2.46 bits per heavy atom. The minimum Gasteiger partial charge on any atom is -0.457 e. The van der Waals surface area contributed by atoms with Crippen LogP contribution < -0.4 is 14.9 Å². The summed E-state index contributed by atoms with van der Waals surface area (Å²) in [5.41, 5.74) is 0.793. The van der Waals surface area contributed by atoms with Crippen molar-refractivity contribution in [3.05, 3.63) is 100 Å². The Labute approximate surface area is 213 Å². The van der Waals surface area contributed by atoms with Gasteiger partial charge in [-0.05, 0) is 49.6 Å². The molecule has 4 aromatic rings. The van der Waals surface area contributed by atoms with Crippen LogP contribution in [0.1, 0.15) is 24.2 Å². The van der Waals surface area contributed by atoms with E-state index in [-0.39, 0.29) is 29.1 Å². The third-order valence-corrected chi connectivity index (χ3v) is 6.13. The molecule has 5 rings (SSSR count). The Morgan fingerprint density at radius 2 is 1.70 bits per heavy atom. The van der Waals surface area contributed by atoms with E-state index in [1.807, 2.05) is 48.5 Å². The summed E-state index contributed by atoms with van der Waals surface area (Å²) in [5.74, 6) is 0.552. The molecule has 0 radical (unpaired) electrons. The fourth-order valence-electron chi connectivity index (χ4n) is 4.27. The van der Waals surface area contributed by atoms with E-state index in [1.165, 1.54) is 23.1 Å². The molecule has 0 N–H and O–H groups in total. The van der Waals surface area contributed by atoms with Crippen LogP contribution in [0.25, 0.3) is 11.0 Å². The molecule has 37 heavy (non-hydrogen) atoms. The van der Waals surface area contributed by atoms with Gasteiger partial charge in [0.2, 0.25) is 11.2 Å². The Bertz CT molecular complexity index is 1480. The van der Waals surface area contributed by atoms with Gasteiger partial charge in [0, 0.05) is 12.6 Å². The summed E-state index contributed by atoms with van der Waals surface area (Å²) < 4.78 is 22.5. The van der Waals surface area contributed by atoms with Gasteiger partial charge in [0.15, 0.2) is 0 Å². The van der Waals surface area contributed by atoms with Crippen molar-refractivity contribution in [1.29, 1.82) is 0 Å². The zero-order chi connectivity index (χ0) is 25.8. The van der Waals surface area contributed by atoms with Crippen molar-refractivity contribution in [3.63, 3.8) is 0 Å². The fourth-order valence-corrected chi connectivity index (χ4v) is 4.27. The number of fused-ring (bicyclic) bond motifs is 1. The summed E-state index contributed by atoms with van der Waals surface area (Å²) in [4.78, 5) is 40.0. The van der Waals surface area contributed by atoms with E-state index in [0.29, 0.717) is 36.3 Å². The zero-order valence-corrected chi connectivity index (χ0v) is 20.2. The predicted molar refractivity (Wildman–Crippen MR) is 136 cm³/mol. The van der Waals surface area contributed by atoms with Crippen molar-refractivity contribution in [2.45, 2.75) is 32.4 Å². The first-order valence-electron chi connectivity index (χ1n) is 12.0. The zero-order valence-electron chi connectivity index (χ0n) is 20.2. The van der Waals surface area contributed by atoms with Crippen LogP contribution in [0, 0.1) is 6.92 Å². The number of nitrogens with zero attached hydrogens (tertiary/aromatic N) is 1. The lowest BCUT2D eigenvalue weighted by atomic mass is 10.2. The maximum absolute atomic E-state index is 13.0. The van der Waals surface area contributed by atoms with Crippen LogP contribution in [-0.2, 0) is 16.1 Å². The normalized spacial score (nSPS) is 14.9. The van der Waals surface area contributed by atoms with Crippen molar-refractivity contribution in [3.8, 4) is 17.2 Å². The quantitative estimate of drug-likeness (QED) is 0.252. The molecule has 0 aliphatic carbocycles. The molecule has 0 saturated carbocycles. The van der Waals surface area contributed by atoms with Crippen LogP contribution in [-0.4, -0.2) is 29.5 Å². The Balaban J connectivity index is 1.29. The van der Waals surface area contributed by atoms with Crippen LogP contribution in [0.4, 0.5) is 4.79 Å². The second-order valence-electron chi connectivity index (χ2n) is 8.70. The smallest absolute Gasteiger partial charge is 0.410 e. The van der Waals surface area contributed by atoms with Gasteiger partial charge < -0.3 is 18.6 Å². The average Bonchev–Trinajstić information content (AvgIpc) is 3.41. The molecule has 188 valence electrons. The number of para-hydroxylation sites is 1. The number of ether oxygens (including phenoxy) is 3. The number of rotatable bonds is 6. The molecule has 1 atom stereocenters. The Morgan fingerprint density at radius 1 is 0.973 bits per heavy atom. The molecule has 1 aliphatic heterocycles. The lowest BCUT2D eigenvalue weighted by molar-refractivity contribution is -0.139. The second kappa shape index (κ2) is 10.6. The lowest BCUT2D eigenvalue weighted by Crippen LogP contribution is -2.42. The Kier molecular flexibility index (Phi) is 6.89. The molecule has 1 amide bonds. The van der Waals surface area contributed by atoms with Gasteiger partial charge in [0.05, 0.1) is 5.39 Å². The van der Waals surface area contributed by atoms with E-state index in [4.69, 9.17) is 18.6 Å². The molecule has 0 spiro atoms. The highest BCUT2D eigenvalue weighted by molar-refractivity contribution is 5.85. The molecule has 1 fully saturated rings. The minimum absolute atomic E-state index is 0.0963. The van der Waals surface area contributed by atoms with Crippen LogP contribution in [0.15, 0.2) is 88.1 Å². The van der Waals surface area contributed by atoms with Crippen LogP contribution in [0.5, 0.6) is 17.2 Å². The molecule has 8 nitrogen and oxygen atoms in total. The number of benzene rings is 3. The summed E-state index contributed by atoms with van der Waals surface area (Å²) >= 11 is 0. The number of carbonyl (C=O) groups is 2. The van der Waals surface area contributed by atoms with Crippen molar-refractivity contribution < 1.29 is 28.2 Å². The number of carbonyl (C=O) groups excluding carboxylic acids is 2. The van der Waals surface area contributed by atoms with E-state index >= 15 is 0 Å². The highest BCUT2D eigenvalue weighted by atomic mass is 16.6.